The minimum atomic E-state index is 0.0547. The summed E-state index contributed by atoms with van der Waals surface area (Å²) in [7, 11) is 0. The van der Waals surface area contributed by atoms with E-state index in [-0.39, 0.29) is 24.0 Å². The van der Waals surface area contributed by atoms with Crippen molar-refractivity contribution < 1.29 is 9.53 Å². The number of nitrogens with two attached hydrogens (primary N) is 1. The quantitative estimate of drug-likeness (QED) is 0.718. The average molecular weight is 226 g/mol. The molecule has 1 heterocycles. The van der Waals surface area contributed by atoms with Crippen molar-refractivity contribution in [2.45, 2.75) is 44.8 Å². The summed E-state index contributed by atoms with van der Waals surface area (Å²) in [5, 5.41) is 0. The summed E-state index contributed by atoms with van der Waals surface area (Å²) >= 11 is 0. The average Bonchev–Trinajstić information content (AvgIpc) is 2.29. The van der Waals surface area contributed by atoms with Crippen LogP contribution in [0.1, 0.15) is 32.6 Å². The molecule has 4 nitrogen and oxygen atoms in total. The number of carbonyl (C=O) groups excluding carboxylic acids is 1. The fourth-order valence-corrected chi connectivity index (χ4v) is 2.72. The first kappa shape index (κ1) is 11.9. The highest BCUT2D eigenvalue weighted by Gasteiger charge is 2.33. The SMILES string of the molecule is CC1CN(C(=O)C2CCCCC2N)CCO1. The zero-order chi connectivity index (χ0) is 11.5. The van der Waals surface area contributed by atoms with Crippen LogP contribution in [0.25, 0.3) is 0 Å². The van der Waals surface area contributed by atoms with Gasteiger partial charge in [-0.25, -0.2) is 0 Å². The zero-order valence-corrected chi connectivity index (χ0v) is 10.0. The summed E-state index contributed by atoms with van der Waals surface area (Å²) in [5.74, 6) is 0.307. The molecule has 3 unspecified atom stereocenters. The second-order valence-electron chi connectivity index (χ2n) is 5.02. The lowest BCUT2D eigenvalue weighted by Gasteiger charge is -2.36. The molecule has 4 heteroatoms. The van der Waals surface area contributed by atoms with Gasteiger partial charge in [0.25, 0.3) is 0 Å². The molecule has 1 saturated heterocycles. The van der Waals surface area contributed by atoms with Gasteiger partial charge >= 0.3 is 0 Å². The maximum absolute atomic E-state index is 12.3. The van der Waals surface area contributed by atoms with Crippen molar-refractivity contribution in [3.05, 3.63) is 0 Å². The summed E-state index contributed by atoms with van der Waals surface area (Å²) in [5.41, 5.74) is 6.04. The molecule has 0 bridgehead atoms. The van der Waals surface area contributed by atoms with Crippen molar-refractivity contribution in [2.24, 2.45) is 11.7 Å². The summed E-state index contributed by atoms with van der Waals surface area (Å²) in [6.45, 7) is 4.13. The van der Waals surface area contributed by atoms with Gasteiger partial charge in [-0.15, -0.1) is 0 Å². The number of hydrogen-bond acceptors (Lipinski definition) is 3. The molecule has 0 spiro atoms. The number of hydrogen-bond donors (Lipinski definition) is 1. The normalized spacial score (nSPS) is 36.1. The van der Waals surface area contributed by atoms with Crippen LogP contribution >= 0.6 is 0 Å². The topological polar surface area (TPSA) is 55.6 Å². The molecule has 3 atom stereocenters. The van der Waals surface area contributed by atoms with Gasteiger partial charge in [0.1, 0.15) is 0 Å². The van der Waals surface area contributed by atoms with Gasteiger partial charge in [-0.3, -0.25) is 4.79 Å². The van der Waals surface area contributed by atoms with Crippen LogP contribution in [0.5, 0.6) is 0 Å². The molecule has 1 aliphatic heterocycles. The van der Waals surface area contributed by atoms with Gasteiger partial charge in [-0.05, 0) is 19.8 Å². The first-order valence-electron chi connectivity index (χ1n) is 6.34. The molecule has 92 valence electrons. The van der Waals surface area contributed by atoms with Crippen molar-refractivity contribution in [3.8, 4) is 0 Å². The second kappa shape index (κ2) is 5.15. The van der Waals surface area contributed by atoms with E-state index in [1.165, 1.54) is 6.42 Å². The van der Waals surface area contributed by atoms with E-state index < -0.39 is 0 Å². The Balaban J connectivity index is 1.94. The lowest BCUT2D eigenvalue weighted by Crippen LogP contribution is -2.51. The Morgan fingerprint density at radius 1 is 1.38 bits per heavy atom. The molecule has 2 N–H and O–H groups in total. The standard InChI is InChI=1S/C12H22N2O2/c1-9-8-14(6-7-16-9)12(15)10-4-2-3-5-11(10)13/h9-11H,2-8,13H2,1H3. The van der Waals surface area contributed by atoms with Crippen LogP contribution in [0, 0.1) is 5.92 Å². The third kappa shape index (κ3) is 2.55. The van der Waals surface area contributed by atoms with Gasteiger partial charge in [0.2, 0.25) is 5.91 Å². The molecule has 2 rings (SSSR count). The summed E-state index contributed by atoms with van der Waals surface area (Å²) in [4.78, 5) is 14.2. The minimum absolute atomic E-state index is 0.0547. The predicted octanol–water partition coefficient (Wildman–Crippen LogP) is 0.751. The smallest absolute Gasteiger partial charge is 0.227 e. The second-order valence-corrected chi connectivity index (χ2v) is 5.02. The van der Waals surface area contributed by atoms with E-state index in [1.54, 1.807) is 0 Å². The summed E-state index contributed by atoms with van der Waals surface area (Å²) < 4.78 is 5.45. The Kier molecular flexibility index (Phi) is 3.82. The van der Waals surface area contributed by atoms with E-state index in [9.17, 15) is 4.79 Å². The fourth-order valence-electron chi connectivity index (χ4n) is 2.72. The molecule has 1 amide bonds. The molecule has 16 heavy (non-hydrogen) atoms. The Labute approximate surface area is 97.1 Å². The molecule has 1 saturated carbocycles. The highest BCUT2D eigenvalue weighted by atomic mass is 16.5. The maximum Gasteiger partial charge on any atom is 0.227 e. The number of ether oxygens (including phenoxy) is 1. The van der Waals surface area contributed by atoms with Crippen LogP contribution in [-0.4, -0.2) is 42.6 Å². The van der Waals surface area contributed by atoms with Gasteiger partial charge in [-0.2, -0.15) is 0 Å². The van der Waals surface area contributed by atoms with Crippen LogP contribution in [-0.2, 0) is 9.53 Å². The van der Waals surface area contributed by atoms with Crippen LogP contribution in [0.4, 0.5) is 0 Å². The van der Waals surface area contributed by atoms with Crippen molar-refractivity contribution >= 4 is 5.91 Å². The van der Waals surface area contributed by atoms with E-state index in [4.69, 9.17) is 10.5 Å². The number of carbonyl (C=O) groups is 1. The Morgan fingerprint density at radius 2 is 2.12 bits per heavy atom. The third-order valence-electron chi connectivity index (χ3n) is 3.69. The number of nitrogens with zero attached hydrogens (tertiary/aromatic N) is 1. The molecular formula is C12H22N2O2. The third-order valence-corrected chi connectivity index (χ3v) is 3.69. The summed E-state index contributed by atoms with van der Waals surface area (Å²) in [6, 6.07) is 0.0689. The molecule has 0 aromatic rings. The van der Waals surface area contributed by atoms with Crippen LogP contribution in [0.3, 0.4) is 0 Å². The lowest BCUT2D eigenvalue weighted by molar-refractivity contribution is -0.144. The number of amides is 1. The van der Waals surface area contributed by atoms with E-state index in [0.29, 0.717) is 6.61 Å². The van der Waals surface area contributed by atoms with Crippen molar-refractivity contribution in [1.29, 1.82) is 0 Å². The van der Waals surface area contributed by atoms with E-state index in [0.717, 1.165) is 32.4 Å². The van der Waals surface area contributed by atoms with Gasteiger partial charge in [0, 0.05) is 19.1 Å². The van der Waals surface area contributed by atoms with Gasteiger partial charge in [-0.1, -0.05) is 12.8 Å². The zero-order valence-electron chi connectivity index (χ0n) is 10.0. The fraction of sp³-hybridized carbons (Fsp3) is 0.917. The summed E-state index contributed by atoms with van der Waals surface area (Å²) in [6.07, 6.45) is 4.44. The molecule has 0 aromatic carbocycles. The van der Waals surface area contributed by atoms with Crippen LogP contribution in [0.15, 0.2) is 0 Å². The Hall–Kier alpha value is -0.610. The van der Waals surface area contributed by atoms with Crippen molar-refractivity contribution in [2.75, 3.05) is 19.7 Å². The first-order valence-corrected chi connectivity index (χ1v) is 6.34. The lowest BCUT2D eigenvalue weighted by atomic mass is 9.84. The highest BCUT2D eigenvalue weighted by molar-refractivity contribution is 5.79. The van der Waals surface area contributed by atoms with Gasteiger partial charge in [0.15, 0.2) is 0 Å². The maximum atomic E-state index is 12.3. The minimum Gasteiger partial charge on any atom is -0.375 e. The van der Waals surface area contributed by atoms with Crippen molar-refractivity contribution in [3.63, 3.8) is 0 Å². The monoisotopic (exact) mass is 226 g/mol. The highest BCUT2D eigenvalue weighted by Crippen LogP contribution is 2.25. The largest absolute Gasteiger partial charge is 0.375 e. The molecule has 2 aliphatic rings. The Bertz CT molecular complexity index is 257. The molecule has 1 aliphatic carbocycles. The molecule has 2 fully saturated rings. The van der Waals surface area contributed by atoms with Crippen LogP contribution < -0.4 is 5.73 Å². The van der Waals surface area contributed by atoms with E-state index >= 15 is 0 Å². The van der Waals surface area contributed by atoms with Crippen LogP contribution in [0.2, 0.25) is 0 Å². The molecular weight excluding hydrogens is 204 g/mol. The predicted molar refractivity (Wildman–Crippen MR) is 61.9 cm³/mol. The number of morpholine rings is 1. The van der Waals surface area contributed by atoms with Gasteiger partial charge in [0.05, 0.1) is 18.6 Å². The first-order chi connectivity index (χ1) is 7.68. The Morgan fingerprint density at radius 3 is 2.81 bits per heavy atom. The van der Waals surface area contributed by atoms with E-state index in [1.807, 2.05) is 11.8 Å². The van der Waals surface area contributed by atoms with E-state index in [2.05, 4.69) is 0 Å². The molecule has 0 radical (unpaired) electrons. The van der Waals surface area contributed by atoms with Crippen molar-refractivity contribution in [1.82, 2.24) is 4.90 Å². The van der Waals surface area contributed by atoms with Gasteiger partial charge < -0.3 is 15.4 Å². The number of rotatable bonds is 1. The molecule has 0 aromatic heterocycles.